The summed E-state index contributed by atoms with van der Waals surface area (Å²) < 4.78 is 12.2. The molecule has 0 bridgehead atoms. The van der Waals surface area contributed by atoms with Gasteiger partial charge in [-0.2, -0.15) is 0 Å². The first kappa shape index (κ1) is 19.9. The molecule has 1 unspecified atom stereocenters. The topological polar surface area (TPSA) is 18.5 Å². The van der Waals surface area contributed by atoms with Gasteiger partial charge >= 0.3 is 0 Å². The second-order valence-electron chi connectivity index (χ2n) is 8.08. The van der Waals surface area contributed by atoms with Crippen molar-refractivity contribution in [2.75, 3.05) is 6.61 Å². The van der Waals surface area contributed by atoms with Gasteiger partial charge in [0.05, 0.1) is 0 Å². The first-order chi connectivity index (χ1) is 12.0. The Morgan fingerprint density at radius 1 is 1.20 bits per heavy atom. The van der Waals surface area contributed by atoms with Crippen molar-refractivity contribution in [3.8, 4) is 11.5 Å². The van der Waals surface area contributed by atoms with Crippen molar-refractivity contribution in [3.63, 3.8) is 0 Å². The van der Waals surface area contributed by atoms with Crippen molar-refractivity contribution in [2.24, 2.45) is 0 Å². The summed E-state index contributed by atoms with van der Waals surface area (Å²) in [4.78, 5) is 0. The minimum atomic E-state index is -0.0900. The van der Waals surface area contributed by atoms with Crippen molar-refractivity contribution in [1.29, 1.82) is 0 Å². The maximum atomic E-state index is 6.27. The third-order valence-corrected chi connectivity index (χ3v) is 5.06. The smallest absolute Gasteiger partial charge is 0.124 e. The molecule has 0 spiro atoms. The number of fused-ring (bicyclic) bond motifs is 1. The summed E-state index contributed by atoms with van der Waals surface area (Å²) in [5, 5.41) is 0. The second kappa shape index (κ2) is 9.31. The van der Waals surface area contributed by atoms with E-state index in [1.54, 1.807) is 0 Å². The molecule has 1 atom stereocenters. The summed E-state index contributed by atoms with van der Waals surface area (Å²) in [5.74, 6) is 2.56. The fourth-order valence-electron chi connectivity index (χ4n) is 3.85. The number of hydrogen-bond donors (Lipinski definition) is 0. The molecule has 1 heterocycles. The summed E-state index contributed by atoms with van der Waals surface area (Å²) in [6.45, 7) is 13.3. The van der Waals surface area contributed by atoms with Crippen LogP contribution in [-0.4, -0.2) is 12.2 Å². The molecule has 0 N–H and O–H groups in total. The average Bonchev–Trinajstić information content (AvgIpc) is 2.55. The average molecular weight is 345 g/mol. The molecule has 2 heteroatoms. The Bertz CT molecular complexity index is 559. The molecule has 0 saturated carbocycles. The molecule has 0 saturated heterocycles. The molecule has 2 nitrogen and oxygen atoms in total. The van der Waals surface area contributed by atoms with E-state index in [9.17, 15) is 0 Å². The van der Waals surface area contributed by atoms with Crippen LogP contribution < -0.4 is 9.47 Å². The molecule has 1 aliphatic rings. The highest BCUT2D eigenvalue weighted by molar-refractivity contribution is 5.49. The molecule has 25 heavy (non-hydrogen) atoms. The zero-order chi connectivity index (χ0) is 18.3. The third-order valence-electron chi connectivity index (χ3n) is 5.06. The van der Waals surface area contributed by atoms with Crippen molar-refractivity contribution in [1.82, 2.24) is 0 Å². The molecule has 1 aliphatic heterocycles. The molecule has 2 rings (SSSR count). The molecule has 0 aliphatic carbocycles. The van der Waals surface area contributed by atoms with Gasteiger partial charge in [-0.1, -0.05) is 58.6 Å². The fraction of sp³-hybridized carbons (Fsp3) is 0.652. The Hall–Kier alpha value is -1.44. The van der Waals surface area contributed by atoms with Crippen LogP contribution in [0.15, 0.2) is 24.8 Å². The number of benzene rings is 1. The number of unbranched alkanes of at least 4 members (excludes halogenated alkanes) is 5. The Morgan fingerprint density at radius 2 is 1.92 bits per heavy atom. The van der Waals surface area contributed by atoms with E-state index in [1.807, 2.05) is 6.08 Å². The fourth-order valence-corrected chi connectivity index (χ4v) is 3.85. The highest BCUT2D eigenvalue weighted by atomic mass is 16.5. The molecule has 1 aromatic carbocycles. The van der Waals surface area contributed by atoms with Crippen LogP contribution in [0.1, 0.15) is 89.7 Å². The van der Waals surface area contributed by atoms with Crippen LogP contribution in [0.25, 0.3) is 0 Å². The normalized spacial score (nSPS) is 18.3. The standard InChI is InChI=1S/C23H36O2/c1-6-8-9-10-11-12-13-19-15-22-20(16-21(19)24-14-7-2)18(3)17-23(4,5)25-22/h7,15-16,18H,2,6,8-14,17H2,1,3-5H3. The van der Waals surface area contributed by atoms with Crippen LogP contribution in [0.2, 0.25) is 0 Å². The maximum absolute atomic E-state index is 6.27. The molecule has 0 aromatic heterocycles. The van der Waals surface area contributed by atoms with E-state index < -0.39 is 0 Å². The van der Waals surface area contributed by atoms with E-state index >= 15 is 0 Å². The Labute approximate surface area is 154 Å². The largest absolute Gasteiger partial charge is 0.489 e. The van der Waals surface area contributed by atoms with Crippen LogP contribution >= 0.6 is 0 Å². The minimum Gasteiger partial charge on any atom is -0.489 e. The lowest BCUT2D eigenvalue weighted by Crippen LogP contribution is -2.34. The summed E-state index contributed by atoms with van der Waals surface area (Å²) in [6, 6.07) is 4.45. The Balaban J connectivity index is 2.11. The zero-order valence-corrected chi connectivity index (χ0v) is 16.7. The zero-order valence-electron chi connectivity index (χ0n) is 16.7. The van der Waals surface area contributed by atoms with E-state index in [0.29, 0.717) is 12.5 Å². The summed E-state index contributed by atoms with van der Waals surface area (Å²) in [5.41, 5.74) is 2.47. The van der Waals surface area contributed by atoms with Crippen LogP contribution in [0.3, 0.4) is 0 Å². The number of ether oxygens (including phenoxy) is 2. The monoisotopic (exact) mass is 344 g/mol. The SMILES string of the molecule is C=CCOc1cc2c(cc1CCCCCCCC)OC(C)(C)CC2C. The van der Waals surface area contributed by atoms with Gasteiger partial charge in [-0.05, 0) is 56.7 Å². The number of aryl methyl sites for hydroxylation is 1. The minimum absolute atomic E-state index is 0.0900. The maximum Gasteiger partial charge on any atom is 0.124 e. The van der Waals surface area contributed by atoms with Crippen molar-refractivity contribution in [2.45, 2.75) is 90.6 Å². The Morgan fingerprint density at radius 3 is 2.64 bits per heavy atom. The first-order valence-corrected chi connectivity index (χ1v) is 10.1. The van der Waals surface area contributed by atoms with E-state index in [1.165, 1.54) is 49.7 Å². The van der Waals surface area contributed by atoms with Crippen LogP contribution in [-0.2, 0) is 6.42 Å². The van der Waals surface area contributed by atoms with E-state index in [-0.39, 0.29) is 5.60 Å². The summed E-state index contributed by atoms with van der Waals surface area (Å²) >= 11 is 0. The van der Waals surface area contributed by atoms with Crippen LogP contribution in [0.4, 0.5) is 0 Å². The van der Waals surface area contributed by atoms with Crippen molar-refractivity contribution in [3.05, 3.63) is 35.9 Å². The molecular weight excluding hydrogens is 308 g/mol. The van der Waals surface area contributed by atoms with Gasteiger partial charge in [0.2, 0.25) is 0 Å². The molecule has 0 fully saturated rings. The van der Waals surface area contributed by atoms with Crippen LogP contribution in [0, 0.1) is 0 Å². The second-order valence-corrected chi connectivity index (χ2v) is 8.08. The lowest BCUT2D eigenvalue weighted by atomic mass is 9.84. The lowest BCUT2D eigenvalue weighted by Gasteiger charge is -2.37. The Kier molecular flexibility index (Phi) is 7.40. The summed E-state index contributed by atoms with van der Waals surface area (Å²) in [7, 11) is 0. The summed E-state index contributed by atoms with van der Waals surface area (Å²) in [6.07, 6.45) is 11.8. The highest BCUT2D eigenvalue weighted by Crippen LogP contribution is 2.43. The van der Waals surface area contributed by atoms with Gasteiger partial charge in [0.15, 0.2) is 0 Å². The quantitative estimate of drug-likeness (QED) is 0.342. The van der Waals surface area contributed by atoms with Crippen molar-refractivity contribution < 1.29 is 9.47 Å². The van der Waals surface area contributed by atoms with Gasteiger partial charge in [0.1, 0.15) is 23.7 Å². The van der Waals surface area contributed by atoms with Crippen molar-refractivity contribution >= 4 is 0 Å². The number of rotatable bonds is 10. The van der Waals surface area contributed by atoms with E-state index in [4.69, 9.17) is 9.47 Å². The van der Waals surface area contributed by atoms with E-state index in [0.717, 1.165) is 24.3 Å². The molecule has 1 aromatic rings. The predicted molar refractivity (Wildman–Crippen MR) is 107 cm³/mol. The predicted octanol–water partition coefficient (Wildman–Crippen LogP) is 6.82. The highest BCUT2D eigenvalue weighted by Gasteiger charge is 2.32. The van der Waals surface area contributed by atoms with Gasteiger partial charge in [0.25, 0.3) is 0 Å². The lowest BCUT2D eigenvalue weighted by molar-refractivity contribution is 0.0743. The van der Waals surface area contributed by atoms with Gasteiger partial charge in [-0.25, -0.2) is 0 Å². The third kappa shape index (κ3) is 5.80. The van der Waals surface area contributed by atoms with Gasteiger partial charge in [-0.15, -0.1) is 0 Å². The molecule has 0 radical (unpaired) electrons. The van der Waals surface area contributed by atoms with Gasteiger partial charge in [0, 0.05) is 5.56 Å². The van der Waals surface area contributed by atoms with Gasteiger partial charge < -0.3 is 9.47 Å². The van der Waals surface area contributed by atoms with Gasteiger partial charge in [-0.3, -0.25) is 0 Å². The molecular formula is C23H36O2. The number of hydrogen-bond acceptors (Lipinski definition) is 2. The molecule has 140 valence electrons. The van der Waals surface area contributed by atoms with Crippen LogP contribution in [0.5, 0.6) is 11.5 Å². The molecule has 0 amide bonds. The first-order valence-electron chi connectivity index (χ1n) is 10.1. The van der Waals surface area contributed by atoms with E-state index in [2.05, 4.69) is 46.4 Å².